The molecule has 0 aliphatic carbocycles. The highest BCUT2D eigenvalue weighted by Gasteiger charge is 2.15. The first-order valence-corrected chi connectivity index (χ1v) is 6.26. The quantitative estimate of drug-likeness (QED) is 0.832. The standard InChI is InChI=1S/C12H21N3O/c1-2-6-13-12-14-7-8-15(12)10-11-5-3-4-9-16-11/h7-8,11H,2-6,9-10H2,1H3,(H,13,14). The van der Waals surface area contributed by atoms with Gasteiger partial charge in [-0.15, -0.1) is 0 Å². The summed E-state index contributed by atoms with van der Waals surface area (Å²) in [7, 11) is 0. The molecular weight excluding hydrogens is 202 g/mol. The molecule has 1 saturated heterocycles. The number of rotatable bonds is 5. The largest absolute Gasteiger partial charge is 0.376 e. The molecule has 4 heteroatoms. The van der Waals surface area contributed by atoms with E-state index in [4.69, 9.17) is 4.74 Å². The molecule has 1 atom stereocenters. The average Bonchev–Trinajstić information content (AvgIpc) is 2.75. The Balaban J connectivity index is 1.89. The molecule has 1 unspecified atom stereocenters. The van der Waals surface area contributed by atoms with E-state index in [2.05, 4.69) is 21.8 Å². The van der Waals surface area contributed by atoms with Gasteiger partial charge in [0.1, 0.15) is 0 Å². The van der Waals surface area contributed by atoms with Crippen molar-refractivity contribution in [2.75, 3.05) is 18.5 Å². The van der Waals surface area contributed by atoms with Crippen molar-refractivity contribution in [3.05, 3.63) is 12.4 Å². The zero-order valence-electron chi connectivity index (χ0n) is 9.98. The zero-order chi connectivity index (χ0) is 11.2. The van der Waals surface area contributed by atoms with Gasteiger partial charge in [0.2, 0.25) is 5.95 Å². The minimum Gasteiger partial charge on any atom is -0.376 e. The molecule has 0 radical (unpaired) electrons. The van der Waals surface area contributed by atoms with E-state index < -0.39 is 0 Å². The molecule has 1 aromatic heterocycles. The number of nitrogens with one attached hydrogen (secondary N) is 1. The van der Waals surface area contributed by atoms with Crippen LogP contribution in [-0.4, -0.2) is 28.8 Å². The van der Waals surface area contributed by atoms with Gasteiger partial charge in [0.05, 0.1) is 12.6 Å². The van der Waals surface area contributed by atoms with E-state index >= 15 is 0 Å². The van der Waals surface area contributed by atoms with E-state index in [1.54, 1.807) is 0 Å². The van der Waals surface area contributed by atoms with Crippen molar-refractivity contribution in [1.82, 2.24) is 9.55 Å². The van der Waals surface area contributed by atoms with Crippen molar-refractivity contribution in [3.63, 3.8) is 0 Å². The Hall–Kier alpha value is -1.03. The van der Waals surface area contributed by atoms with Crippen LogP contribution in [0.15, 0.2) is 12.4 Å². The highest BCUT2D eigenvalue weighted by molar-refractivity contribution is 5.25. The molecule has 1 aliphatic rings. The van der Waals surface area contributed by atoms with Crippen molar-refractivity contribution in [2.45, 2.75) is 45.3 Å². The van der Waals surface area contributed by atoms with Gasteiger partial charge < -0.3 is 14.6 Å². The van der Waals surface area contributed by atoms with Crippen molar-refractivity contribution < 1.29 is 4.74 Å². The van der Waals surface area contributed by atoms with E-state index in [1.807, 2.05) is 12.4 Å². The SMILES string of the molecule is CCCNc1nccn1CC1CCCCO1. The lowest BCUT2D eigenvalue weighted by Crippen LogP contribution is -2.25. The topological polar surface area (TPSA) is 39.1 Å². The third-order valence-corrected chi connectivity index (χ3v) is 2.92. The third-order valence-electron chi connectivity index (χ3n) is 2.92. The van der Waals surface area contributed by atoms with Gasteiger partial charge in [-0.25, -0.2) is 4.98 Å². The number of hydrogen-bond acceptors (Lipinski definition) is 3. The second-order valence-corrected chi connectivity index (χ2v) is 4.32. The van der Waals surface area contributed by atoms with E-state index in [0.29, 0.717) is 6.10 Å². The minimum atomic E-state index is 0.366. The number of hydrogen-bond donors (Lipinski definition) is 1. The summed E-state index contributed by atoms with van der Waals surface area (Å²) in [6.45, 7) is 4.97. The Bertz CT molecular complexity index is 305. The third kappa shape index (κ3) is 2.98. The van der Waals surface area contributed by atoms with Crippen molar-refractivity contribution >= 4 is 5.95 Å². The van der Waals surface area contributed by atoms with Crippen LogP contribution in [0.3, 0.4) is 0 Å². The minimum absolute atomic E-state index is 0.366. The van der Waals surface area contributed by atoms with Gasteiger partial charge in [0.15, 0.2) is 0 Å². The summed E-state index contributed by atoms with van der Waals surface area (Å²) in [4.78, 5) is 4.32. The second kappa shape index (κ2) is 5.89. The molecule has 1 N–H and O–H groups in total. The first-order valence-electron chi connectivity index (χ1n) is 6.26. The van der Waals surface area contributed by atoms with E-state index in [9.17, 15) is 0 Å². The molecule has 90 valence electrons. The summed E-state index contributed by atoms with van der Waals surface area (Å²) in [5.74, 6) is 0.969. The first-order chi connectivity index (χ1) is 7.90. The van der Waals surface area contributed by atoms with Crippen LogP contribution in [0.5, 0.6) is 0 Å². The van der Waals surface area contributed by atoms with Crippen LogP contribution in [0, 0.1) is 0 Å². The normalized spacial score (nSPS) is 20.9. The second-order valence-electron chi connectivity index (χ2n) is 4.32. The van der Waals surface area contributed by atoms with Crippen LogP contribution in [0.4, 0.5) is 5.95 Å². The predicted octanol–water partition coefficient (Wildman–Crippen LogP) is 2.27. The van der Waals surface area contributed by atoms with Crippen molar-refractivity contribution in [2.24, 2.45) is 0 Å². The summed E-state index contributed by atoms with van der Waals surface area (Å²) in [6.07, 6.45) is 9.03. The Labute approximate surface area is 97.0 Å². The Kier molecular flexibility index (Phi) is 4.22. The lowest BCUT2D eigenvalue weighted by atomic mass is 10.1. The molecule has 1 aromatic rings. The highest BCUT2D eigenvalue weighted by Crippen LogP contribution is 2.16. The van der Waals surface area contributed by atoms with Gasteiger partial charge in [0.25, 0.3) is 0 Å². The monoisotopic (exact) mass is 223 g/mol. The summed E-state index contributed by atoms with van der Waals surface area (Å²) in [5, 5.41) is 3.33. The molecule has 0 spiro atoms. The summed E-state index contributed by atoms with van der Waals surface area (Å²) >= 11 is 0. The van der Waals surface area contributed by atoms with E-state index in [-0.39, 0.29) is 0 Å². The van der Waals surface area contributed by atoms with Crippen LogP contribution >= 0.6 is 0 Å². The van der Waals surface area contributed by atoms with E-state index in [1.165, 1.54) is 19.3 Å². The number of aromatic nitrogens is 2. The van der Waals surface area contributed by atoms with Gasteiger partial charge in [-0.05, 0) is 25.7 Å². The maximum absolute atomic E-state index is 5.73. The van der Waals surface area contributed by atoms with E-state index in [0.717, 1.165) is 32.1 Å². The average molecular weight is 223 g/mol. The summed E-state index contributed by atoms with van der Waals surface area (Å²) in [5.41, 5.74) is 0. The predicted molar refractivity (Wildman–Crippen MR) is 64.6 cm³/mol. The van der Waals surface area contributed by atoms with Crippen LogP contribution in [-0.2, 0) is 11.3 Å². The Morgan fingerprint density at radius 2 is 2.50 bits per heavy atom. The molecule has 2 rings (SSSR count). The van der Waals surface area contributed by atoms with Gasteiger partial charge in [-0.3, -0.25) is 0 Å². The zero-order valence-corrected chi connectivity index (χ0v) is 9.98. The molecule has 0 saturated carbocycles. The molecular formula is C12H21N3O. The smallest absolute Gasteiger partial charge is 0.202 e. The number of ether oxygens (including phenoxy) is 1. The maximum atomic E-state index is 5.73. The summed E-state index contributed by atoms with van der Waals surface area (Å²) < 4.78 is 7.89. The van der Waals surface area contributed by atoms with Crippen LogP contribution in [0.25, 0.3) is 0 Å². The lowest BCUT2D eigenvalue weighted by molar-refractivity contribution is 0.00629. The number of nitrogens with zero attached hydrogens (tertiary/aromatic N) is 2. The number of imidazole rings is 1. The Morgan fingerprint density at radius 1 is 1.56 bits per heavy atom. The highest BCUT2D eigenvalue weighted by atomic mass is 16.5. The van der Waals surface area contributed by atoms with Crippen molar-refractivity contribution in [3.8, 4) is 0 Å². The van der Waals surface area contributed by atoms with Gasteiger partial charge >= 0.3 is 0 Å². The van der Waals surface area contributed by atoms with Gasteiger partial charge in [-0.1, -0.05) is 6.92 Å². The Morgan fingerprint density at radius 3 is 3.25 bits per heavy atom. The lowest BCUT2D eigenvalue weighted by Gasteiger charge is -2.23. The van der Waals surface area contributed by atoms with Crippen LogP contribution in [0.2, 0.25) is 0 Å². The van der Waals surface area contributed by atoms with Gasteiger partial charge in [0, 0.05) is 25.5 Å². The van der Waals surface area contributed by atoms with Gasteiger partial charge in [-0.2, -0.15) is 0 Å². The van der Waals surface area contributed by atoms with Crippen LogP contribution in [0.1, 0.15) is 32.6 Å². The first kappa shape index (κ1) is 11.5. The van der Waals surface area contributed by atoms with Crippen molar-refractivity contribution in [1.29, 1.82) is 0 Å². The number of anilines is 1. The molecule has 4 nitrogen and oxygen atoms in total. The molecule has 16 heavy (non-hydrogen) atoms. The van der Waals surface area contributed by atoms with Crippen LogP contribution < -0.4 is 5.32 Å². The molecule has 1 fully saturated rings. The molecule has 2 heterocycles. The molecule has 0 amide bonds. The fourth-order valence-corrected chi connectivity index (χ4v) is 2.03. The molecule has 0 bridgehead atoms. The fraction of sp³-hybridized carbons (Fsp3) is 0.750. The fourth-order valence-electron chi connectivity index (χ4n) is 2.03. The maximum Gasteiger partial charge on any atom is 0.202 e. The molecule has 0 aromatic carbocycles. The summed E-state index contributed by atoms with van der Waals surface area (Å²) in [6, 6.07) is 0. The molecule has 1 aliphatic heterocycles.